The number of carbonyl (C=O) groups excluding carboxylic acids is 2. The fourth-order valence-corrected chi connectivity index (χ4v) is 3.90. The molecular weight excluding hydrogens is 483 g/mol. The molecule has 0 saturated heterocycles. The summed E-state index contributed by atoms with van der Waals surface area (Å²) in [5.41, 5.74) is 2.83. The first-order chi connectivity index (χ1) is 15.9. The standard InChI is InChI=1S/C23H22Cl2N4O3S/c1-14-3-5-15(6-4-14)13-33-23-27-12-17(25)21(29-23)22(31)26-10-9-20(30)28-18-11-16(24)7-8-19(18)32-2/h3-8,11-12H,9-10,13H2,1-2H3,(H,26,31)(H,28,30). The van der Waals surface area contributed by atoms with Crippen molar-refractivity contribution in [1.82, 2.24) is 15.3 Å². The van der Waals surface area contributed by atoms with Crippen molar-refractivity contribution >= 4 is 52.5 Å². The van der Waals surface area contributed by atoms with Gasteiger partial charge in [0, 0.05) is 23.7 Å². The molecule has 3 rings (SSSR count). The summed E-state index contributed by atoms with van der Waals surface area (Å²) in [6.45, 7) is 2.13. The zero-order valence-electron chi connectivity index (χ0n) is 18.0. The number of rotatable bonds is 9. The summed E-state index contributed by atoms with van der Waals surface area (Å²) in [6, 6.07) is 13.1. The fourth-order valence-electron chi connectivity index (χ4n) is 2.78. The molecule has 0 spiro atoms. The number of methoxy groups -OCH3 is 1. The van der Waals surface area contributed by atoms with Gasteiger partial charge in [0.2, 0.25) is 5.91 Å². The maximum atomic E-state index is 12.6. The van der Waals surface area contributed by atoms with Gasteiger partial charge in [-0.1, -0.05) is 64.8 Å². The van der Waals surface area contributed by atoms with Gasteiger partial charge < -0.3 is 15.4 Å². The van der Waals surface area contributed by atoms with Crippen LogP contribution in [0.15, 0.2) is 53.8 Å². The highest BCUT2D eigenvalue weighted by molar-refractivity contribution is 7.98. The lowest BCUT2D eigenvalue weighted by atomic mass is 10.2. The van der Waals surface area contributed by atoms with E-state index < -0.39 is 5.91 Å². The van der Waals surface area contributed by atoms with Crippen LogP contribution in [0.4, 0.5) is 5.69 Å². The number of aryl methyl sites for hydroxylation is 1. The first kappa shape index (κ1) is 24.8. The number of thioether (sulfide) groups is 1. The largest absolute Gasteiger partial charge is 0.495 e. The molecule has 33 heavy (non-hydrogen) atoms. The minimum Gasteiger partial charge on any atom is -0.495 e. The molecule has 0 aliphatic carbocycles. The summed E-state index contributed by atoms with van der Waals surface area (Å²) in [7, 11) is 1.50. The Hall–Kier alpha value is -2.81. The van der Waals surface area contributed by atoms with Crippen molar-refractivity contribution in [3.05, 3.63) is 75.5 Å². The number of anilines is 1. The molecule has 3 aromatic rings. The lowest BCUT2D eigenvalue weighted by molar-refractivity contribution is -0.116. The van der Waals surface area contributed by atoms with Gasteiger partial charge in [-0.15, -0.1) is 0 Å². The molecule has 0 aliphatic heterocycles. The average Bonchev–Trinajstić information content (AvgIpc) is 2.79. The molecule has 1 heterocycles. The van der Waals surface area contributed by atoms with Gasteiger partial charge in [-0.05, 0) is 30.7 Å². The van der Waals surface area contributed by atoms with E-state index in [0.717, 1.165) is 5.56 Å². The van der Waals surface area contributed by atoms with E-state index in [-0.39, 0.29) is 29.6 Å². The minimum absolute atomic E-state index is 0.0408. The van der Waals surface area contributed by atoms with Gasteiger partial charge in [0.1, 0.15) is 5.75 Å². The summed E-state index contributed by atoms with van der Waals surface area (Å²) in [5, 5.41) is 6.43. The number of aromatic nitrogens is 2. The molecular formula is C23H22Cl2N4O3S. The van der Waals surface area contributed by atoms with Gasteiger partial charge in [-0.2, -0.15) is 0 Å². The van der Waals surface area contributed by atoms with Crippen LogP contribution in [0.3, 0.4) is 0 Å². The number of ether oxygens (including phenoxy) is 1. The van der Waals surface area contributed by atoms with E-state index in [4.69, 9.17) is 27.9 Å². The number of carbonyl (C=O) groups is 2. The Morgan fingerprint density at radius 3 is 2.61 bits per heavy atom. The van der Waals surface area contributed by atoms with Crippen LogP contribution < -0.4 is 15.4 Å². The third-order valence-electron chi connectivity index (χ3n) is 4.50. The number of benzene rings is 2. The second-order valence-corrected chi connectivity index (χ2v) is 8.81. The highest BCUT2D eigenvalue weighted by atomic mass is 35.5. The van der Waals surface area contributed by atoms with Crippen molar-refractivity contribution in [3.63, 3.8) is 0 Å². The molecule has 2 amide bonds. The first-order valence-corrected chi connectivity index (χ1v) is 11.7. The van der Waals surface area contributed by atoms with Gasteiger partial charge in [0.05, 0.1) is 24.0 Å². The van der Waals surface area contributed by atoms with Crippen molar-refractivity contribution in [2.75, 3.05) is 19.0 Å². The normalized spacial score (nSPS) is 10.5. The molecule has 7 nitrogen and oxygen atoms in total. The van der Waals surface area contributed by atoms with Gasteiger partial charge >= 0.3 is 0 Å². The van der Waals surface area contributed by atoms with E-state index in [1.54, 1.807) is 18.2 Å². The molecule has 0 aliphatic rings. The molecule has 10 heteroatoms. The fraction of sp³-hybridized carbons (Fsp3) is 0.217. The molecule has 0 fully saturated rings. The van der Waals surface area contributed by atoms with Crippen LogP contribution in [0.25, 0.3) is 0 Å². The SMILES string of the molecule is COc1ccc(Cl)cc1NC(=O)CCNC(=O)c1nc(SCc2ccc(C)cc2)ncc1Cl. The summed E-state index contributed by atoms with van der Waals surface area (Å²) < 4.78 is 5.21. The molecule has 172 valence electrons. The molecule has 0 unspecified atom stereocenters. The monoisotopic (exact) mass is 504 g/mol. The van der Waals surface area contributed by atoms with Crippen LogP contribution in [0.2, 0.25) is 10.0 Å². The van der Waals surface area contributed by atoms with Crippen molar-refractivity contribution in [2.24, 2.45) is 0 Å². The van der Waals surface area contributed by atoms with Crippen LogP contribution in [0.5, 0.6) is 5.75 Å². The predicted molar refractivity (Wildman–Crippen MR) is 131 cm³/mol. The van der Waals surface area contributed by atoms with Gasteiger partial charge in [0.15, 0.2) is 10.9 Å². The quantitative estimate of drug-likeness (QED) is 0.309. The average molecular weight is 505 g/mol. The number of amides is 2. The number of nitrogens with one attached hydrogen (secondary N) is 2. The maximum absolute atomic E-state index is 12.6. The van der Waals surface area contributed by atoms with Crippen molar-refractivity contribution in [1.29, 1.82) is 0 Å². The lowest BCUT2D eigenvalue weighted by Gasteiger charge is -2.11. The highest BCUT2D eigenvalue weighted by Crippen LogP contribution is 2.27. The molecule has 2 aromatic carbocycles. The number of nitrogens with zero attached hydrogens (tertiary/aromatic N) is 2. The molecule has 0 radical (unpaired) electrons. The number of halogens is 2. The van der Waals surface area contributed by atoms with E-state index in [1.807, 2.05) is 31.2 Å². The Balaban J connectivity index is 1.53. The van der Waals surface area contributed by atoms with E-state index >= 15 is 0 Å². The molecule has 0 bridgehead atoms. The molecule has 0 saturated carbocycles. The van der Waals surface area contributed by atoms with Crippen molar-refractivity contribution in [2.45, 2.75) is 24.3 Å². The highest BCUT2D eigenvalue weighted by Gasteiger charge is 2.15. The molecule has 1 aromatic heterocycles. The van der Waals surface area contributed by atoms with Crippen molar-refractivity contribution < 1.29 is 14.3 Å². The van der Waals surface area contributed by atoms with Gasteiger partial charge in [-0.3, -0.25) is 9.59 Å². The number of hydrogen-bond donors (Lipinski definition) is 2. The third kappa shape index (κ3) is 7.35. The smallest absolute Gasteiger partial charge is 0.271 e. The van der Waals surface area contributed by atoms with Crippen LogP contribution in [-0.2, 0) is 10.5 Å². The number of hydrogen-bond acceptors (Lipinski definition) is 6. The van der Waals surface area contributed by atoms with Crippen LogP contribution in [0, 0.1) is 6.92 Å². The summed E-state index contributed by atoms with van der Waals surface area (Å²) in [6.07, 6.45) is 1.44. The predicted octanol–water partition coefficient (Wildman–Crippen LogP) is 5.15. The third-order valence-corrected chi connectivity index (χ3v) is 5.94. The van der Waals surface area contributed by atoms with Crippen molar-refractivity contribution in [3.8, 4) is 5.75 Å². The summed E-state index contributed by atoms with van der Waals surface area (Å²) in [4.78, 5) is 33.3. The molecule has 0 atom stereocenters. The van der Waals surface area contributed by atoms with Gasteiger partial charge in [0.25, 0.3) is 5.91 Å². The van der Waals surface area contributed by atoms with E-state index in [1.165, 1.54) is 30.6 Å². The Morgan fingerprint density at radius 1 is 1.12 bits per heavy atom. The topological polar surface area (TPSA) is 93.2 Å². The van der Waals surface area contributed by atoms with Crippen LogP contribution in [0.1, 0.15) is 28.0 Å². The van der Waals surface area contributed by atoms with E-state index in [9.17, 15) is 9.59 Å². The van der Waals surface area contributed by atoms with Gasteiger partial charge in [-0.25, -0.2) is 9.97 Å². The summed E-state index contributed by atoms with van der Waals surface area (Å²) in [5.74, 6) is 0.364. The first-order valence-electron chi connectivity index (χ1n) is 9.98. The van der Waals surface area contributed by atoms with Crippen LogP contribution >= 0.6 is 35.0 Å². The Morgan fingerprint density at radius 2 is 1.88 bits per heavy atom. The lowest BCUT2D eigenvalue weighted by Crippen LogP contribution is -2.28. The second-order valence-electron chi connectivity index (χ2n) is 7.02. The molecule has 2 N–H and O–H groups in total. The Labute approximate surface area is 206 Å². The second kappa shape index (κ2) is 11.9. The van der Waals surface area contributed by atoms with Crippen LogP contribution in [-0.4, -0.2) is 35.4 Å². The van der Waals surface area contributed by atoms with E-state index in [0.29, 0.717) is 27.4 Å². The maximum Gasteiger partial charge on any atom is 0.271 e. The zero-order chi connectivity index (χ0) is 23.8. The Bertz CT molecular complexity index is 1140. The zero-order valence-corrected chi connectivity index (χ0v) is 20.4. The van der Waals surface area contributed by atoms with E-state index in [2.05, 4.69) is 20.6 Å². The summed E-state index contributed by atoms with van der Waals surface area (Å²) >= 11 is 13.5. The Kier molecular flexibility index (Phi) is 8.94. The minimum atomic E-state index is -0.479.